The molecule has 0 aliphatic rings. The van der Waals surface area contributed by atoms with E-state index in [0.29, 0.717) is 19.6 Å². The van der Waals surface area contributed by atoms with Crippen molar-refractivity contribution >= 4 is 8.32 Å². The van der Waals surface area contributed by atoms with E-state index in [9.17, 15) is 5.11 Å². The van der Waals surface area contributed by atoms with Gasteiger partial charge in [-0.2, -0.15) is 0 Å². The van der Waals surface area contributed by atoms with Crippen molar-refractivity contribution < 1.29 is 19.0 Å². The van der Waals surface area contributed by atoms with Crippen LogP contribution in [0, 0.1) is 5.41 Å². The van der Waals surface area contributed by atoms with Crippen molar-refractivity contribution in [2.24, 2.45) is 5.41 Å². The Balaban J connectivity index is 2.76. The first-order valence-corrected chi connectivity index (χ1v) is 14.5. The molecule has 1 unspecified atom stereocenters. The maximum absolute atomic E-state index is 11.1. The summed E-state index contributed by atoms with van der Waals surface area (Å²) < 4.78 is 17.8. The zero-order valence-corrected chi connectivity index (χ0v) is 22.8. The number of rotatable bonds is 13. The zero-order chi connectivity index (χ0) is 24.6. The van der Waals surface area contributed by atoms with Crippen LogP contribution in [-0.4, -0.2) is 39.3 Å². The van der Waals surface area contributed by atoms with Gasteiger partial charge in [0.15, 0.2) is 8.32 Å². The van der Waals surface area contributed by atoms with Gasteiger partial charge in [-0.3, -0.25) is 0 Å². The lowest BCUT2D eigenvalue weighted by molar-refractivity contribution is -0.0759. The van der Waals surface area contributed by atoms with Gasteiger partial charge in [-0.1, -0.05) is 64.5 Å². The predicted octanol–water partition coefficient (Wildman–Crippen LogP) is 6.90. The third kappa shape index (κ3) is 8.51. The first-order valence-electron chi connectivity index (χ1n) is 11.6. The molecule has 1 rings (SSSR count). The minimum atomic E-state index is -1.75. The number of aliphatic hydroxyl groups is 1. The van der Waals surface area contributed by atoms with Crippen LogP contribution in [0.2, 0.25) is 18.1 Å². The van der Waals surface area contributed by atoms with Gasteiger partial charge >= 0.3 is 0 Å². The summed E-state index contributed by atoms with van der Waals surface area (Å²) in [5, 5.41) is 11.3. The molecule has 0 fully saturated rings. The molecule has 0 aromatic heterocycles. The third-order valence-electron chi connectivity index (χ3n) is 6.79. The van der Waals surface area contributed by atoms with Crippen molar-refractivity contribution in [1.29, 1.82) is 0 Å². The number of hydrogen-bond acceptors (Lipinski definition) is 4. The average Bonchev–Trinajstić information content (AvgIpc) is 2.70. The molecule has 0 bridgehead atoms. The van der Waals surface area contributed by atoms with E-state index >= 15 is 0 Å². The van der Waals surface area contributed by atoms with Gasteiger partial charge in [-0.25, -0.2) is 0 Å². The number of benzene rings is 1. The van der Waals surface area contributed by atoms with Crippen LogP contribution in [-0.2, 0) is 15.8 Å². The summed E-state index contributed by atoms with van der Waals surface area (Å²) in [6, 6.07) is 7.86. The van der Waals surface area contributed by atoms with Gasteiger partial charge in [0.25, 0.3) is 0 Å². The van der Waals surface area contributed by atoms with E-state index in [0.717, 1.165) is 23.3 Å². The highest BCUT2D eigenvalue weighted by atomic mass is 28.4. The number of ether oxygens (including phenoxy) is 2. The minimum Gasteiger partial charge on any atom is -0.497 e. The van der Waals surface area contributed by atoms with Gasteiger partial charge in [0.2, 0.25) is 0 Å². The normalized spacial score (nSPS) is 15.4. The van der Waals surface area contributed by atoms with Gasteiger partial charge < -0.3 is 19.0 Å². The van der Waals surface area contributed by atoms with E-state index in [1.807, 2.05) is 36.4 Å². The van der Waals surface area contributed by atoms with E-state index < -0.39 is 19.8 Å². The molecule has 0 aliphatic heterocycles. The van der Waals surface area contributed by atoms with Crippen molar-refractivity contribution in [3.05, 3.63) is 54.1 Å². The fourth-order valence-corrected chi connectivity index (χ4v) is 4.14. The SMILES string of the molecule is C=CC[C@@H](OCc1ccc(OC)cc1)C(C)(C)C(O)/C=C(\C)CCO[Si](C)(C)C(C)(C)C. The quantitative estimate of drug-likeness (QED) is 0.256. The molecule has 0 aliphatic carbocycles. The molecule has 5 heteroatoms. The molecule has 1 aromatic rings. The Morgan fingerprint density at radius 1 is 1.12 bits per heavy atom. The summed E-state index contributed by atoms with van der Waals surface area (Å²) in [5.41, 5.74) is 1.74. The first-order chi connectivity index (χ1) is 14.7. The van der Waals surface area contributed by atoms with Gasteiger partial charge in [0, 0.05) is 12.0 Å². The van der Waals surface area contributed by atoms with Crippen molar-refractivity contribution in [1.82, 2.24) is 0 Å². The Bertz CT molecular complexity index is 729. The Hall–Kier alpha value is -1.40. The van der Waals surface area contributed by atoms with Crippen LogP contribution in [0.1, 0.15) is 59.9 Å². The highest BCUT2D eigenvalue weighted by Crippen LogP contribution is 2.37. The molecule has 32 heavy (non-hydrogen) atoms. The van der Waals surface area contributed by atoms with E-state index in [-0.39, 0.29) is 11.1 Å². The topological polar surface area (TPSA) is 47.9 Å². The molecule has 1 N–H and O–H groups in total. The Morgan fingerprint density at radius 3 is 2.22 bits per heavy atom. The number of hydrogen-bond donors (Lipinski definition) is 1. The monoisotopic (exact) mass is 462 g/mol. The number of methoxy groups -OCH3 is 1. The molecule has 0 radical (unpaired) electrons. The molecule has 0 amide bonds. The number of aliphatic hydroxyl groups excluding tert-OH is 1. The molecule has 0 spiro atoms. The van der Waals surface area contributed by atoms with Crippen LogP contribution < -0.4 is 4.74 Å². The highest BCUT2D eigenvalue weighted by Gasteiger charge is 2.37. The first kappa shape index (κ1) is 28.6. The fraction of sp³-hybridized carbons (Fsp3) is 0.630. The summed E-state index contributed by atoms with van der Waals surface area (Å²) in [6.45, 7) is 22.5. The standard InChI is InChI=1S/C27H46O4Si/c1-11-12-25(30-20-22-13-15-23(29-8)16-14-22)27(6,7)24(28)19-21(2)17-18-31-32(9,10)26(3,4)5/h11,13-16,19,24-25,28H,1,12,17-18,20H2,2-10H3/b21-19+/t24?,25-/m1/s1. The van der Waals surface area contributed by atoms with Crippen LogP contribution >= 0.6 is 0 Å². The molecule has 0 saturated heterocycles. The minimum absolute atomic E-state index is 0.162. The lowest BCUT2D eigenvalue weighted by atomic mass is 9.78. The summed E-state index contributed by atoms with van der Waals surface area (Å²) in [4.78, 5) is 0. The molecule has 1 aromatic carbocycles. The maximum atomic E-state index is 11.1. The third-order valence-corrected chi connectivity index (χ3v) is 11.3. The second-order valence-corrected chi connectivity index (χ2v) is 15.6. The van der Waals surface area contributed by atoms with Gasteiger partial charge in [0.05, 0.1) is 25.9 Å². The molecular weight excluding hydrogens is 416 g/mol. The molecule has 0 heterocycles. The summed E-state index contributed by atoms with van der Waals surface area (Å²) >= 11 is 0. The van der Waals surface area contributed by atoms with E-state index in [2.05, 4.69) is 61.2 Å². The van der Waals surface area contributed by atoms with E-state index in [1.54, 1.807) is 7.11 Å². The van der Waals surface area contributed by atoms with Gasteiger partial charge in [-0.05, 0) is 55.6 Å². The van der Waals surface area contributed by atoms with Crippen LogP contribution in [0.25, 0.3) is 0 Å². The van der Waals surface area contributed by atoms with Crippen LogP contribution in [0.5, 0.6) is 5.75 Å². The Morgan fingerprint density at radius 2 is 1.72 bits per heavy atom. The largest absolute Gasteiger partial charge is 0.497 e. The second kappa shape index (κ2) is 12.2. The van der Waals surface area contributed by atoms with E-state index in [4.69, 9.17) is 13.9 Å². The Kier molecular flexibility index (Phi) is 10.9. The van der Waals surface area contributed by atoms with E-state index in [1.165, 1.54) is 0 Å². The average molecular weight is 463 g/mol. The summed E-state index contributed by atoms with van der Waals surface area (Å²) in [5.74, 6) is 0.824. The molecular formula is C27H46O4Si. The molecule has 0 saturated carbocycles. The Labute approximate surface area is 197 Å². The van der Waals surface area contributed by atoms with Crippen molar-refractivity contribution in [2.75, 3.05) is 13.7 Å². The highest BCUT2D eigenvalue weighted by molar-refractivity contribution is 6.74. The smallest absolute Gasteiger partial charge is 0.191 e. The zero-order valence-electron chi connectivity index (χ0n) is 21.8. The van der Waals surface area contributed by atoms with Gasteiger partial charge in [-0.15, -0.1) is 6.58 Å². The van der Waals surface area contributed by atoms with Crippen LogP contribution in [0.3, 0.4) is 0 Å². The second-order valence-electron chi connectivity index (χ2n) is 10.8. The predicted molar refractivity (Wildman–Crippen MR) is 138 cm³/mol. The lowest BCUT2D eigenvalue weighted by Crippen LogP contribution is -2.41. The van der Waals surface area contributed by atoms with Crippen LogP contribution in [0.15, 0.2) is 48.6 Å². The lowest BCUT2D eigenvalue weighted by Gasteiger charge is -2.37. The molecule has 2 atom stereocenters. The molecule has 4 nitrogen and oxygen atoms in total. The van der Waals surface area contributed by atoms with Crippen molar-refractivity contribution in [2.45, 2.75) is 91.3 Å². The van der Waals surface area contributed by atoms with Crippen molar-refractivity contribution in [3.63, 3.8) is 0 Å². The summed E-state index contributed by atoms with van der Waals surface area (Å²) in [7, 11) is -0.0974. The van der Waals surface area contributed by atoms with Gasteiger partial charge in [0.1, 0.15) is 5.75 Å². The summed E-state index contributed by atoms with van der Waals surface area (Å²) in [6.07, 6.45) is 4.51. The van der Waals surface area contributed by atoms with Crippen molar-refractivity contribution in [3.8, 4) is 5.75 Å². The molecule has 182 valence electrons. The van der Waals surface area contributed by atoms with Crippen LogP contribution in [0.4, 0.5) is 0 Å². The fourth-order valence-electron chi connectivity index (χ4n) is 3.10. The maximum Gasteiger partial charge on any atom is 0.191 e.